The fourth-order valence-electron chi connectivity index (χ4n) is 2.65. The molecular formula is C18H15F2N. The van der Waals surface area contributed by atoms with E-state index in [4.69, 9.17) is 0 Å². The van der Waals surface area contributed by atoms with Crippen molar-refractivity contribution in [3.63, 3.8) is 0 Å². The van der Waals surface area contributed by atoms with E-state index in [1.54, 1.807) is 7.05 Å². The van der Waals surface area contributed by atoms with Gasteiger partial charge in [0.05, 0.1) is 6.04 Å². The van der Waals surface area contributed by atoms with Crippen molar-refractivity contribution in [2.24, 2.45) is 0 Å². The zero-order chi connectivity index (χ0) is 14.8. The topological polar surface area (TPSA) is 12.0 Å². The average Bonchev–Trinajstić information content (AvgIpc) is 2.50. The number of nitrogens with one attached hydrogen (secondary N) is 1. The first-order chi connectivity index (χ1) is 10.2. The third-order valence-electron chi connectivity index (χ3n) is 3.68. The lowest BCUT2D eigenvalue weighted by atomic mass is 9.95. The van der Waals surface area contributed by atoms with Crippen molar-refractivity contribution in [3.8, 4) is 0 Å². The van der Waals surface area contributed by atoms with Crippen LogP contribution in [0, 0.1) is 11.6 Å². The highest BCUT2D eigenvalue weighted by atomic mass is 19.1. The lowest BCUT2D eigenvalue weighted by Crippen LogP contribution is -2.20. The molecule has 0 radical (unpaired) electrons. The van der Waals surface area contributed by atoms with Crippen LogP contribution in [-0.4, -0.2) is 7.05 Å². The molecule has 0 bridgehead atoms. The number of hydrogen-bond donors (Lipinski definition) is 1. The largest absolute Gasteiger partial charge is 0.309 e. The molecule has 0 saturated heterocycles. The summed E-state index contributed by atoms with van der Waals surface area (Å²) in [5, 5.41) is 5.15. The summed E-state index contributed by atoms with van der Waals surface area (Å²) in [6, 6.07) is 17.2. The zero-order valence-corrected chi connectivity index (χ0v) is 11.6. The van der Waals surface area contributed by atoms with Crippen LogP contribution >= 0.6 is 0 Å². The van der Waals surface area contributed by atoms with Gasteiger partial charge in [-0.2, -0.15) is 0 Å². The summed E-state index contributed by atoms with van der Waals surface area (Å²) in [6.07, 6.45) is 0. The summed E-state index contributed by atoms with van der Waals surface area (Å²) in [7, 11) is 1.70. The highest BCUT2D eigenvalue weighted by Gasteiger charge is 2.20. The van der Waals surface area contributed by atoms with Crippen LogP contribution in [-0.2, 0) is 0 Å². The first-order valence-corrected chi connectivity index (χ1v) is 6.80. The summed E-state index contributed by atoms with van der Waals surface area (Å²) in [5.74, 6) is -1.08. The van der Waals surface area contributed by atoms with Gasteiger partial charge in [0.25, 0.3) is 0 Å². The summed E-state index contributed by atoms with van der Waals surface area (Å²) >= 11 is 0. The van der Waals surface area contributed by atoms with E-state index in [2.05, 4.69) is 5.32 Å². The van der Waals surface area contributed by atoms with E-state index in [-0.39, 0.29) is 5.56 Å². The van der Waals surface area contributed by atoms with Gasteiger partial charge in [-0.1, -0.05) is 42.5 Å². The molecule has 0 heterocycles. The van der Waals surface area contributed by atoms with Crippen LogP contribution in [0.4, 0.5) is 8.78 Å². The number of halogens is 2. The lowest BCUT2D eigenvalue weighted by Gasteiger charge is -2.19. The maximum atomic E-state index is 14.0. The minimum atomic E-state index is -0.539. The predicted octanol–water partition coefficient (Wildman–Crippen LogP) is 4.43. The molecule has 3 rings (SSSR count). The Hall–Kier alpha value is -2.26. The number of fused-ring (bicyclic) bond motifs is 1. The monoisotopic (exact) mass is 283 g/mol. The average molecular weight is 283 g/mol. The van der Waals surface area contributed by atoms with Crippen molar-refractivity contribution in [3.05, 3.63) is 83.4 Å². The molecule has 0 saturated carbocycles. The maximum Gasteiger partial charge on any atom is 0.131 e. The van der Waals surface area contributed by atoms with Gasteiger partial charge in [0.15, 0.2) is 0 Å². The maximum absolute atomic E-state index is 14.0. The van der Waals surface area contributed by atoms with Gasteiger partial charge in [0, 0.05) is 5.56 Å². The molecule has 3 heteroatoms. The Morgan fingerprint density at radius 1 is 0.810 bits per heavy atom. The van der Waals surface area contributed by atoms with Crippen LogP contribution in [0.25, 0.3) is 10.8 Å². The van der Waals surface area contributed by atoms with Crippen LogP contribution < -0.4 is 5.32 Å². The van der Waals surface area contributed by atoms with E-state index in [9.17, 15) is 8.78 Å². The Bertz CT molecular complexity index is 763. The Labute approximate surface area is 122 Å². The van der Waals surface area contributed by atoms with E-state index in [1.807, 2.05) is 42.5 Å². The minimum Gasteiger partial charge on any atom is -0.309 e. The van der Waals surface area contributed by atoms with Crippen molar-refractivity contribution >= 4 is 10.8 Å². The van der Waals surface area contributed by atoms with Gasteiger partial charge in [-0.05, 0) is 41.6 Å². The highest BCUT2D eigenvalue weighted by molar-refractivity contribution is 5.83. The molecule has 0 spiro atoms. The van der Waals surface area contributed by atoms with E-state index in [1.165, 1.54) is 18.2 Å². The normalized spacial score (nSPS) is 12.5. The molecule has 0 aromatic heterocycles. The Morgan fingerprint density at radius 3 is 2.14 bits per heavy atom. The van der Waals surface area contributed by atoms with Crippen molar-refractivity contribution in [2.75, 3.05) is 7.05 Å². The Morgan fingerprint density at radius 2 is 1.48 bits per heavy atom. The van der Waals surface area contributed by atoms with Crippen molar-refractivity contribution < 1.29 is 8.78 Å². The quantitative estimate of drug-likeness (QED) is 0.750. The third-order valence-corrected chi connectivity index (χ3v) is 3.68. The van der Waals surface area contributed by atoms with Gasteiger partial charge < -0.3 is 5.32 Å². The highest BCUT2D eigenvalue weighted by Crippen LogP contribution is 2.28. The molecule has 0 fully saturated rings. The molecule has 1 atom stereocenters. The summed E-state index contributed by atoms with van der Waals surface area (Å²) in [5.41, 5.74) is 0.885. The molecule has 1 unspecified atom stereocenters. The summed E-state index contributed by atoms with van der Waals surface area (Å²) < 4.78 is 28.0. The number of rotatable bonds is 3. The van der Waals surface area contributed by atoms with Crippen molar-refractivity contribution in [2.45, 2.75) is 6.04 Å². The number of benzene rings is 3. The molecular weight excluding hydrogens is 268 g/mol. The first-order valence-electron chi connectivity index (χ1n) is 6.80. The first kappa shape index (κ1) is 13.7. The molecule has 21 heavy (non-hydrogen) atoms. The predicted molar refractivity (Wildman–Crippen MR) is 81.2 cm³/mol. The fraction of sp³-hybridized carbons (Fsp3) is 0.111. The van der Waals surface area contributed by atoms with E-state index < -0.39 is 17.7 Å². The standard InChI is InChI=1S/C18H15F2N/c1-21-18(17-15(19)7-4-8-16(17)20)14-10-9-12-5-2-3-6-13(12)11-14/h2-11,18,21H,1H3. The second-order valence-electron chi connectivity index (χ2n) is 4.96. The zero-order valence-electron chi connectivity index (χ0n) is 11.6. The SMILES string of the molecule is CNC(c1ccc2ccccc2c1)c1c(F)cccc1F. The second-order valence-corrected chi connectivity index (χ2v) is 4.96. The van der Waals surface area contributed by atoms with E-state index >= 15 is 0 Å². The molecule has 0 aliphatic heterocycles. The van der Waals surface area contributed by atoms with Gasteiger partial charge in [0.2, 0.25) is 0 Å². The summed E-state index contributed by atoms with van der Waals surface area (Å²) in [6.45, 7) is 0. The van der Waals surface area contributed by atoms with Gasteiger partial charge in [0.1, 0.15) is 11.6 Å². The van der Waals surface area contributed by atoms with Gasteiger partial charge in [-0.25, -0.2) is 8.78 Å². The van der Waals surface area contributed by atoms with E-state index in [0.717, 1.165) is 16.3 Å². The van der Waals surface area contributed by atoms with Crippen molar-refractivity contribution in [1.82, 2.24) is 5.32 Å². The van der Waals surface area contributed by atoms with Crippen molar-refractivity contribution in [1.29, 1.82) is 0 Å². The van der Waals surface area contributed by atoms with Gasteiger partial charge in [-0.3, -0.25) is 0 Å². The molecule has 0 aliphatic rings. The number of hydrogen-bond acceptors (Lipinski definition) is 1. The smallest absolute Gasteiger partial charge is 0.131 e. The van der Waals surface area contributed by atoms with E-state index in [0.29, 0.717) is 0 Å². The Balaban J connectivity index is 2.14. The summed E-state index contributed by atoms with van der Waals surface area (Å²) in [4.78, 5) is 0. The molecule has 0 amide bonds. The molecule has 3 aromatic carbocycles. The van der Waals surface area contributed by atoms with Crippen LogP contribution in [0.2, 0.25) is 0 Å². The molecule has 1 N–H and O–H groups in total. The van der Waals surface area contributed by atoms with Crippen LogP contribution in [0.1, 0.15) is 17.2 Å². The fourth-order valence-corrected chi connectivity index (χ4v) is 2.65. The minimum absolute atomic E-state index is 0.0512. The molecule has 3 aromatic rings. The molecule has 1 nitrogen and oxygen atoms in total. The Kier molecular flexibility index (Phi) is 3.67. The van der Waals surface area contributed by atoms with Crippen LogP contribution in [0.15, 0.2) is 60.7 Å². The molecule has 0 aliphatic carbocycles. The lowest BCUT2D eigenvalue weighted by molar-refractivity contribution is 0.522. The van der Waals surface area contributed by atoms with Gasteiger partial charge in [-0.15, -0.1) is 0 Å². The molecule has 106 valence electrons. The van der Waals surface area contributed by atoms with Crippen LogP contribution in [0.3, 0.4) is 0 Å². The third kappa shape index (κ3) is 2.52. The second kappa shape index (κ2) is 5.62. The van der Waals surface area contributed by atoms with Gasteiger partial charge >= 0.3 is 0 Å². The van der Waals surface area contributed by atoms with Crippen LogP contribution in [0.5, 0.6) is 0 Å².